The third-order valence-corrected chi connectivity index (χ3v) is 6.13. The topological polar surface area (TPSA) is 98.5 Å². The zero-order valence-corrected chi connectivity index (χ0v) is 16.7. The molecule has 1 N–H and O–H groups in total. The van der Waals surface area contributed by atoms with Crippen LogP contribution in [0.1, 0.15) is 50.4 Å². The minimum absolute atomic E-state index is 0.0162. The Morgan fingerprint density at radius 1 is 1.33 bits per heavy atom. The number of nitro benzene ring substituents is 1. The third kappa shape index (κ3) is 5.69. The van der Waals surface area contributed by atoms with E-state index in [0.29, 0.717) is 16.7 Å². The number of amides is 1. The number of thioether (sulfide) groups is 1. The third-order valence-electron chi connectivity index (χ3n) is 5.09. The number of hydrogen-bond acceptors (Lipinski definition) is 6. The van der Waals surface area contributed by atoms with Crippen molar-refractivity contribution in [2.75, 3.05) is 12.4 Å². The fourth-order valence-electron chi connectivity index (χ4n) is 3.30. The van der Waals surface area contributed by atoms with Gasteiger partial charge >= 0.3 is 5.97 Å². The molecule has 0 spiro atoms. The number of carbonyl (C=O) groups is 2. The molecule has 1 saturated carbocycles. The van der Waals surface area contributed by atoms with Crippen LogP contribution in [0.15, 0.2) is 23.1 Å². The second kappa shape index (κ2) is 9.73. The molecule has 0 radical (unpaired) electrons. The Balaban J connectivity index is 2.11. The van der Waals surface area contributed by atoms with Crippen molar-refractivity contribution < 1.29 is 19.2 Å². The number of carbonyl (C=O) groups excluding carboxylic acids is 2. The highest BCUT2D eigenvalue weighted by Crippen LogP contribution is 2.32. The number of nitrogens with zero attached hydrogens (tertiary/aromatic N) is 1. The summed E-state index contributed by atoms with van der Waals surface area (Å²) < 4.78 is 4.84. The number of rotatable bonds is 7. The maximum absolute atomic E-state index is 12.6. The van der Waals surface area contributed by atoms with E-state index < -0.39 is 10.9 Å². The summed E-state index contributed by atoms with van der Waals surface area (Å²) in [4.78, 5) is 35.3. The summed E-state index contributed by atoms with van der Waals surface area (Å²) >= 11 is 1.03. The summed E-state index contributed by atoms with van der Waals surface area (Å²) in [5.74, 6) is 0.166. The first-order valence-electron chi connectivity index (χ1n) is 9.21. The van der Waals surface area contributed by atoms with Crippen molar-refractivity contribution in [2.45, 2.75) is 51.0 Å². The van der Waals surface area contributed by atoms with Gasteiger partial charge in [-0.2, -0.15) is 0 Å². The highest BCUT2D eigenvalue weighted by atomic mass is 32.2. The van der Waals surface area contributed by atoms with Crippen LogP contribution in [-0.4, -0.2) is 35.2 Å². The van der Waals surface area contributed by atoms with Crippen LogP contribution in [0.4, 0.5) is 5.69 Å². The van der Waals surface area contributed by atoms with Gasteiger partial charge in [0.25, 0.3) is 11.6 Å². The van der Waals surface area contributed by atoms with Gasteiger partial charge in [0.1, 0.15) is 0 Å². The number of hydrogen-bond donors (Lipinski definition) is 1. The quantitative estimate of drug-likeness (QED) is 0.327. The van der Waals surface area contributed by atoms with Gasteiger partial charge < -0.3 is 10.1 Å². The molecule has 1 amide bonds. The van der Waals surface area contributed by atoms with Crippen molar-refractivity contribution in [3.8, 4) is 0 Å². The van der Waals surface area contributed by atoms with Gasteiger partial charge in [-0.25, -0.2) is 0 Å². The standard InChI is InChI=1S/C19H26N2O5S/c1-4-26-18(22)11-27-17-9-8-14(10-16(17)21(24)25)19(23)20-15-7-5-6-12(2)13(15)3/h8-10,12-13,15H,4-7,11H2,1-3H3,(H,20,23)/t12-,13+,15-/m1/s1. The minimum Gasteiger partial charge on any atom is -0.465 e. The molecule has 27 heavy (non-hydrogen) atoms. The smallest absolute Gasteiger partial charge is 0.316 e. The van der Waals surface area contributed by atoms with Gasteiger partial charge in [-0.1, -0.05) is 26.7 Å². The van der Waals surface area contributed by atoms with Crippen molar-refractivity contribution in [3.05, 3.63) is 33.9 Å². The molecule has 3 atom stereocenters. The van der Waals surface area contributed by atoms with Crippen molar-refractivity contribution in [1.29, 1.82) is 0 Å². The molecule has 1 aromatic rings. The maximum atomic E-state index is 12.6. The molecule has 0 saturated heterocycles. The van der Waals surface area contributed by atoms with Gasteiger partial charge in [-0.3, -0.25) is 19.7 Å². The Morgan fingerprint density at radius 3 is 2.74 bits per heavy atom. The fraction of sp³-hybridized carbons (Fsp3) is 0.579. The number of benzene rings is 1. The number of nitrogens with one attached hydrogen (secondary N) is 1. The van der Waals surface area contributed by atoms with E-state index in [-0.39, 0.29) is 35.6 Å². The molecular formula is C19H26N2O5S. The summed E-state index contributed by atoms with van der Waals surface area (Å²) in [6.45, 7) is 6.28. The van der Waals surface area contributed by atoms with E-state index in [0.717, 1.165) is 31.0 Å². The molecule has 148 valence electrons. The number of ether oxygens (including phenoxy) is 1. The molecule has 2 rings (SSSR count). The molecule has 1 aliphatic carbocycles. The Labute approximate surface area is 163 Å². The zero-order chi connectivity index (χ0) is 20.0. The summed E-state index contributed by atoms with van der Waals surface area (Å²) in [7, 11) is 0. The Hall–Kier alpha value is -2.09. The molecule has 0 aliphatic heterocycles. The molecule has 0 aromatic heterocycles. The van der Waals surface area contributed by atoms with E-state index >= 15 is 0 Å². The predicted molar refractivity (Wildman–Crippen MR) is 104 cm³/mol. The van der Waals surface area contributed by atoms with E-state index in [1.165, 1.54) is 12.1 Å². The van der Waals surface area contributed by atoms with E-state index in [4.69, 9.17) is 4.74 Å². The molecule has 8 heteroatoms. The summed E-state index contributed by atoms with van der Waals surface area (Å²) in [5, 5.41) is 14.4. The van der Waals surface area contributed by atoms with Gasteiger partial charge in [0.15, 0.2) is 0 Å². The lowest BCUT2D eigenvalue weighted by Gasteiger charge is -2.34. The molecule has 1 aromatic carbocycles. The van der Waals surface area contributed by atoms with Crippen molar-refractivity contribution in [3.63, 3.8) is 0 Å². The van der Waals surface area contributed by atoms with Crippen LogP contribution in [-0.2, 0) is 9.53 Å². The van der Waals surface area contributed by atoms with Gasteiger partial charge in [0.05, 0.1) is 22.2 Å². The highest BCUT2D eigenvalue weighted by Gasteiger charge is 2.29. The normalized spacial score (nSPS) is 22.1. The lowest BCUT2D eigenvalue weighted by atomic mass is 9.78. The van der Waals surface area contributed by atoms with Crippen LogP contribution in [0, 0.1) is 22.0 Å². The maximum Gasteiger partial charge on any atom is 0.316 e. The molecule has 0 heterocycles. The van der Waals surface area contributed by atoms with Crippen LogP contribution >= 0.6 is 11.8 Å². The Bertz CT molecular complexity index is 709. The molecular weight excluding hydrogens is 368 g/mol. The van der Waals surface area contributed by atoms with Gasteiger partial charge in [-0.15, -0.1) is 11.8 Å². The fourth-order valence-corrected chi connectivity index (χ4v) is 4.10. The van der Waals surface area contributed by atoms with Crippen LogP contribution in [0.25, 0.3) is 0 Å². The minimum atomic E-state index is -0.532. The first-order valence-corrected chi connectivity index (χ1v) is 10.2. The SMILES string of the molecule is CCOC(=O)CSc1ccc(C(=O)N[C@@H]2CCC[C@@H](C)[C@@H]2C)cc1[N+](=O)[O-]. The molecule has 1 fully saturated rings. The molecule has 1 aliphatic rings. The van der Waals surface area contributed by atoms with E-state index in [9.17, 15) is 19.7 Å². The summed E-state index contributed by atoms with van der Waals surface area (Å²) in [6, 6.07) is 4.44. The Morgan fingerprint density at radius 2 is 2.07 bits per heavy atom. The van der Waals surface area contributed by atoms with E-state index in [1.54, 1.807) is 13.0 Å². The van der Waals surface area contributed by atoms with Crippen LogP contribution < -0.4 is 5.32 Å². The van der Waals surface area contributed by atoms with Crippen molar-refractivity contribution >= 4 is 29.3 Å². The number of esters is 1. The first-order chi connectivity index (χ1) is 12.8. The summed E-state index contributed by atoms with van der Waals surface area (Å²) in [6.07, 6.45) is 3.15. The Kier molecular flexibility index (Phi) is 7.65. The lowest BCUT2D eigenvalue weighted by Crippen LogP contribution is -2.43. The first kappa shape index (κ1) is 21.2. The van der Waals surface area contributed by atoms with Gasteiger partial charge in [0.2, 0.25) is 0 Å². The highest BCUT2D eigenvalue weighted by molar-refractivity contribution is 8.00. The molecule has 7 nitrogen and oxygen atoms in total. The number of nitro groups is 1. The zero-order valence-electron chi connectivity index (χ0n) is 15.9. The monoisotopic (exact) mass is 394 g/mol. The predicted octanol–water partition coefficient (Wildman–Crippen LogP) is 3.80. The van der Waals surface area contributed by atoms with Gasteiger partial charge in [0, 0.05) is 17.7 Å². The van der Waals surface area contributed by atoms with E-state index in [2.05, 4.69) is 19.2 Å². The van der Waals surface area contributed by atoms with Gasteiger partial charge in [-0.05, 0) is 37.3 Å². The second-order valence-electron chi connectivity index (χ2n) is 6.88. The van der Waals surface area contributed by atoms with Crippen molar-refractivity contribution in [1.82, 2.24) is 5.32 Å². The molecule has 0 unspecified atom stereocenters. The van der Waals surface area contributed by atoms with Crippen LogP contribution in [0.5, 0.6) is 0 Å². The second-order valence-corrected chi connectivity index (χ2v) is 7.90. The molecule has 0 bridgehead atoms. The average molecular weight is 394 g/mol. The van der Waals surface area contributed by atoms with Crippen LogP contribution in [0.2, 0.25) is 0 Å². The van der Waals surface area contributed by atoms with Crippen LogP contribution in [0.3, 0.4) is 0 Å². The van der Waals surface area contributed by atoms with E-state index in [1.807, 2.05) is 0 Å². The van der Waals surface area contributed by atoms with Crippen molar-refractivity contribution in [2.24, 2.45) is 11.8 Å². The summed E-state index contributed by atoms with van der Waals surface area (Å²) in [5.41, 5.74) is 0.0784. The average Bonchev–Trinajstić information content (AvgIpc) is 2.63. The lowest BCUT2D eigenvalue weighted by molar-refractivity contribution is -0.387. The largest absolute Gasteiger partial charge is 0.465 e.